The Labute approximate surface area is 104 Å². The number of tetrazole rings is 1. The summed E-state index contributed by atoms with van der Waals surface area (Å²) in [7, 11) is 1.64. The van der Waals surface area contributed by atoms with Gasteiger partial charge in [0, 0.05) is 0 Å². The molecule has 0 N–H and O–H groups in total. The van der Waals surface area contributed by atoms with E-state index in [2.05, 4.69) is 15.5 Å². The lowest BCUT2D eigenvalue weighted by atomic mass is 10.2. The zero-order valence-corrected chi connectivity index (χ0v) is 10.4. The van der Waals surface area contributed by atoms with Crippen LogP contribution in [0.15, 0.2) is 24.3 Å². The molecular formula is C11H13ClN4O. The van der Waals surface area contributed by atoms with Gasteiger partial charge in [-0.15, -0.1) is 16.7 Å². The van der Waals surface area contributed by atoms with Crippen LogP contribution in [-0.2, 0) is 6.54 Å². The summed E-state index contributed by atoms with van der Waals surface area (Å²) in [6, 6.07) is 7.77. The van der Waals surface area contributed by atoms with Gasteiger partial charge < -0.3 is 4.74 Å². The summed E-state index contributed by atoms with van der Waals surface area (Å²) in [4.78, 5) is 0. The second-order valence-electron chi connectivity index (χ2n) is 3.66. The first-order chi connectivity index (χ1) is 8.20. The van der Waals surface area contributed by atoms with Crippen molar-refractivity contribution in [1.29, 1.82) is 0 Å². The van der Waals surface area contributed by atoms with Gasteiger partial charge in [-0.25, -0.2) is 4.68 Å². The van der Waals surface area contributed by atoms with Crippen molar-refractivity contribution in [2.75, 3.05) is 7.11 Å². The van der Waals surface area contributed by atoms with Crippen LogP contribution >= 0.6 is 11.6 Å². The maximum absolute atomic E-state index is 5.99. The van der Waals surface area contributed by atoms with Crippen molar-refractivity contribution in [3.05, 3.63) is 35.7 Å². The lowest BCUT2D eigenvalue weighted by Crippen LogP contribution is -2.07. The summed E-state index contributed by atoms with van der Waals surface area (Å²) in [5, 5.41) is 11.2. The largest absolute Gasteiger partial charge is 0.497 e. The standard InChI is InChI=1S/C11H13ClN4O/c1-8(12)11-13-14-15-16(11)7-9-4-3-5-10(6-9)17-2/h3-6,8H,7H2,1-2H3. The SMILES string of the molecule is COc1cccc(Cn2nnnc2C(C)Cl)c1. The molecule has 2 rings (SSSR count). The van der Waals surface area contributed by atoms with Crippen LogP contribution in [0, 0.1) is 0 Å². The van der Waals surface area contributed by atoms with Crippen LogP contribution in [0.3, 0.4) is 0 Å². The van der Waals surface area contributed by atoms with Gasteiger partial charge in [0.05, 0.1) is 19.0 Å². The fourth-order valence-electron chi connectivity index (χ4n) is 1.55. The molecular weight excluding hydrogens is 240 g/mol. The first-order valence-corrected chi connectivity index (χ1v) is 5.67. The van der Waals surface area contributed by atoms with Crippen molar-refractivity contribution in [1.82, 2.24) is 20.2 Å². The Morgan fingerprint density at radius 1 is 1.47 bits per heavy atom. The zero-order chi connectivity index (χ0) is 12.3. The van der Waals surface area contributed by atoms with E-state index in [1.54, 1.807) is 11.8 Å². The quantitative estimate of drug-likeness (QED) is 0.782. The van der Waals surface area contributed by atoms with E-state index in [0.717, 1.165) is 11.3 Å². The van der Waals surface area contributed by atoms with Crippen molar-refractivity contribution in [3.8, 4) is 5.75 Å². The molecule has 6 heteroatoms. The number of halogens is 1. The molecule has 1 aromatic heterocycles. The van der Waals surface area contributed by atoms with Crippen molar-refractivity contribution in [2.45, 2.75) is 18.8 Å². The van der Waals surface area contributed by atoms with Gasteiger partial charge in [-0.2, -0.15) is 0 Å². The summed E-state index contributed by atoms with van der Waals surface area (Å²) < 4.78 is 6.85. The Balaban J connectivity index is 2.22. The van der Waals surface area contributed by atoms with Gasteiger partial charge >= 0.3 is 0 Å². The third-order valence-corrected chi connectivity index (χ3v) is 2.58. The summed E-state index contributed by atoms with van der Waals surface area (Å²) in [5.41, 5.74) is 1.07. The Hall–Kier alpha value is -1.62. The third-order valence-electron chi connectivity index (χ3n) is 2.38. The normalized spacial score (nSPS) is 12.4. The molecule has 5 nitrogen and oxygen atoms in total. The van der Waals surface area contributed by atoms with Gasteiger partial charge in [-0.1, -0.05) is 12.1 Å². The van der Waals surface area contributed by atoms with E-state index in [9.17, 15) is 0 Å². The Morgan fingerprint density at radius 3 is 3.00 bits per heavy atom. The van der Waals surface area contributed by atoms with Gasteiger partial charge in [0.1, 0.15) is 5.75 Å². The third kappa shape index (κ3) is 2.74. The van der Waals surface area contributed by atoms with Crippen molar-refractivity contribution in [3.63, 3.8) is 0 Å². The lowest BCUT2D eigenvalue weighted by molar-refractivity contribution is 0.414. The molecule has 90 valence electrons. The number of benzene rings is 1. The number of rotatable bonds is 4. The Bertz CT molecular complexity index is 498. The van der Waals surface area contributed by atoms with Crippen LogP contribution in [0.1, 0.15) is 23.7 Å². The van der Waals surface area contributed by atoms with Gasteiger partial charge in [-0.05, 0) is 35.0 Å². The van der Waals surface area contributed by atoms with Crippen molar-refractivity contribution in [2.24, 2.45) is 0 Å². The van der Waals surface area contributed by atoms with Crippen LogP contribution in [0.25, 0.3) is 0 Å². The molecule has 2 aromatic rings. The molecule has 0 saturated carbocycles. The molecule has 0 spiro atoms. The molecule has 0 aliphatic carbocycles. The number of alkyl halides is 1. The Kier molecular flexibility index (Phi) is 3.58. The molecule has 0 saturated heterocycles. The smallest absolute Gasteiger partial charge is 0.169 e. The molecule has 1 heterocycles. The van der Waals surface area contributed by atoms with Gasteiger partial charge in [0.15, 0.2) is 5.82 Å². The van der Waals surface area contributed by atoms with E-state index in [4.69, 9.17) is 16.3 Å². The predicted molar refractivity (Wildman–Crippen MR) is 64.2 cm³/mol. The van der Waals surface area contributed by atoms with Gasteiger partial charge in [0.2, 0.25) is 0 Å². The minimum Gasteiger partial charge on any atom is -0.497 e. The summed E-state index contributed by atoms with van der Waals surface area (Å²) >= 11 is 5.99. The maximum Gasteiger partial charge on any atom is 0.169 e. The van der Waals surface area contributed by atoms with Crippen LogP contribution in [0.4, 0.5) is 0 Å². The number of hydrogen-bond acceptors (Lipinski definition) is 4. The molecule has 0 aliphatic rings. The first-order valence-electron chi connectivity index (χ1n) is 5.23. The van der Waals surface area contributed by atoms with Gasteiger partial charge in [0.25, 0.3) is 0 Å². The summed E-state index contributed by atoms with van der Waals surface area (Å²) in [6.45, 7) is 2.42. The number of ether oxygens (including phenoxy) is 1. The minimum atomic E-state index is -0.212. The highest BCUT2D eigenvalue weighted by Crippen LogP contribution is 2.18. The molecule has 0 aliphatic heterocycles. The lowest BCUT2D eigenvalue weighted by Gasteiger charge is -2.07. The number of nitrogens with zero attached hydrogens (tertiary/aromatic N) is 4. The molecule has 0 bridgehead atoms. The summed E-state index contributed by atoms with van der Waals surface area (Å²) in [6.07, 6.45) is 0. The second-order valence-corrected chi connectivity index (χ2v) is 4.32. The van der Waals surface area contributed by atoms with E-state index in [1.165, 1.54) is 0 Å². The zero-order valence-electron chi connectivity index (χ0n) is 9.67. The molecule has 0 amide bonds. The van der Waals surface area contributed by atoms with E-state index in [-0.39, 0.29) is 5.38 Å². The van der Waals surface area contributed by atoms with Gasteiger partial charge in [-0.3, -0.25) is 0 Å². The minimum absolute atomic E-state index is 0.212. The number of methoxy groups -OCH3 is 1. The number of hydrogen-bond donors (Lipinski definition) is 0. The fourth-order valence-corrected chi connectivity index (χ4v) is 1.71. The predicted octanol–water partition coefficient (Wildman–Crippen LogP) is 2.03. The topological polar surface area (TPSA) is 52.8 Å². The van der Waals surface area contributed by atoms with E-state index >= 15 is 0 Å². The molecule has 0 radical (unpaired) electrons. The summed E-state index contributed by atoms with van der Waals surface area (Å²) in [5.74, 6) is 1.48. The first kappa shape index (κ1) is 11.9. The number of aromatic nitrogens is 4. The average Bonchev–Trinajstić information content (AvgIpc) is 2.77. The van der Waals surface area contributed by atoms with Crippen molar-refractivity contribution < 1.29 is 4.74 Å². The molecule has 0 fully saturated rings. The van der Waals surface area contributed by atoms with Crippen LogP contribution < -0.4 is 4.74 Å². The maximum atomic E-state index is 5.99. The highest BCUT2D eigenvalue weighted by atomic mass is 35.5. The molecule has 1 atom stereocenters. The van der Waals surface area contributed by atoms with E-state index in [0.29, 0.717) is 12.4 Å². The average molecular weight is 253 g/mol. The van der Waals surface area contributed by atoms with Crippen LogP contribution in [0.2, 0.25) is 0 Å². The van der Waals surface area contributed by atoms with Crippen molar-refractivity contribution >= 4 is 11.6 Å². The van der Waals surface area contributed by atoms with E-state index < -0.39 is 0 Å². The Morgan fingerprint density at radius 2 is 2.29 bits per heavy atom. The van der Waals surface area contributed by atoms with E-state index in [1.807, 2.05) is 31.2 Å². The fraction of sp³-hybridized carbons (Fsp3) is 0.364. The monoisotopic (exact) mass is 252 g/mol. The molecule has 17 heavy (non-hydrogen) atoms. The molecule has 1 unspecified atom stereocenters. The van der Waals surface area contributed by atoms with Crippen LogP contribution in [-0.4, -0.2) is 27.3 Å². The second kappa shape index (κ2) is 5.14. The van der Waals surface area contributed by atoms with Crippen LogP contribution in [0.5, 0.6) is 5.75 Å². The molecule has 1 aromatic carbocycles. The highest BCUT2D eigenvalue weighted by molar-refractivity contribution is 6.20. The highest BCUT2D eigenvalue weighted by Gasteiger charge is 2.11.